The molecule has 0 bridgehead atoms. The van der Waals surface area contributed by atoms with Gasteiger partial charge in [0.1, 0.15) is 0 Å². The van der Waals surface area contributed by atoms with Gasteiger partial charge in [-0.2, -0.15) is 0 Å². The Morgan fingerprint density at radius 3 is 3.18 bits per heavy atom. The highest BCUT2D eigenvalue weighted by atomic mass is 35.5. The zero-order valence-electron chi connectivity index (χ0n) is 9.53. The van der Waals surface area contributed by atoms with Crippen LogP contribution in [-0.2, 0) is 4.74 Å². The summed E-state index contributed by atoms with van der Waals surface area (Å²) in [5.74, 6) is -0.0493. The van der Waals surface area contributed by atoms with Crippen molar-refractivity contribution in [2.24, 2.45) is 0 Å². The lowest BCUT2D eigenvalue weighted by Crippen LogP contribution is -2.35. The third-order valence-corrected chi connectivity index (χ3v) is 3.95. The SMILES string of the molecule is COCC1CC(NC(=O)c2ccc(Cl)s2)CN1. The summed E-state index contributed by atoms with van der Waals surface area (Å²) in [5.41, 5.74) is 0. The molecule has 0 spiro atoms. The van der Waals surface area contributed by atoms with Crippen molar-refractivity contribution in [1.29, 1.82) is 0 Å². The predicted octanol–water partition coefficient (Wildman–Crippen LogP) is 1.51. The smallest absolute Gasteiger partial charge is 0.261 e. The zero-order valence-corrected chi connectivity index (χ0v) is 11.1. The zero-order chi connectivity index (χ0) is 12.3. The van der Waals surface area contributed by atoms with Gasteiger partial charge in [-0.05, 0) is 18.6 Å². The molecule has 0 aromatic carbocycles. The molecule has 1 amide bonds. The molecule has 2 heterocycles. The molecule has 2 N–H and O–H groups in total. The fourth-order valence-corrected chi connectivity index (χ4v) is 2.90. The van der Waals surface area contributed by atoms with Gasteiger partial charge in [-0.1, -0.05) is 11.6 Å². The molecule has 6 heteroatoms. The van der Waals surface area contributed by atoms with Crippen LogP contribution in [0.15, 0.2) is 12.1 Å². The summed E-state index contributed by atoms with van der Waals surface area (Å²) in [7, 11) is 1.68. The molecule has 0 aliphatic carbocycles. The van der Waals surface area contributed by atoms with Crippen LogP contribution in [0.2, 0.25) is 4.34 Å². The topological polar surface area (TPSA) is 50.4 Å². The first kappa shape index (κ1) is 12.8. The van der Waals surface area contributed by atoms with E-state index in [0.717, 1.165) is 13.0 Å². The van der Waals surface area contributed by atoms with E-state index >= 15 is 0 Å². The summed E-state index contributed by atoms with van der Waals surface area (Å²) in [4.78, 5) is 12.5. The molecule has 1 aliphatic rings. The van der Waals surface area contributed by atoms with E-state index in [2.05, 4.69) is 10.6 Å². The average molecular weight is 275 g/mol. The second kappa shape index (κ2) is 5.82. The summed E-state index contributed by atoms with van der Waals surface area (Å²) in [6.07, 6.45) is 0.901. The molecule has 1 fully saturated rings. The van der Waals surface area contributed by atoms with Gasteiger partial charge in [0.05, 0.1) is 15.8 Å². The van der Waals surface area contributed by atoms with Crippen molar-refractivity contribution in [3.63, 3.8) is 0 Å². The first-order chi connectivity index (χ1) is 8.19. The summed E-state index contributed by atoms with van der Waals surface area (Å²) in [6, 6.07) is 3.99. The van der Waals surface area contributed by atoms with Crippen molar-refractivity contribution in [2.75, 3.05) is 20.3 Å². The summed E-state index contributed by atoms with van der Waals surface area (Å²) in [5, 5.41) is 6.30. The van der Waals surface area contributed by atoms with Gasteiger partial charge < -0.3 is 15.4 Å². The Balaban J connectivity index is 1.84. The number of hydrogen-bond donors (Lipinski definition) is 2. The van der Waals surface area contributed by atoms with Crippen LogP contribution in [0.5, 0.6) is 0 Å². The number of methoxy groups -OCH3 is 1. The van der Waals surface area contributed by atoms with Crippen LogP contribution in [0.1, 0.15) is 16.1 Å². The van der Waals surface area contributed by atoms with E-state index in [1.54, 1.807) is 19.2 Å². The fraction of sp³-hybridized carbons (Fsp3) is 0.545. The Labute approximate surface area is 109 Å². The quantitative estimate of drug-likeness (QED) is 0.875. The molecule has 0 saturated carbocycles. The minimum atomic E-state index is -0.0493. The lowest BCUT2D eigenvalue weighted by Gasteiger charge is -2.11. The highest BCUT2D eigenvalue weighted by Crippen LogP contribution is 2.21. The number of amides is 1. The van der Waals surface area contributed by atoms with Gasteiger partial charge in [-0.25, -0.2) is 0 Å². The molecule has 94 valence electrons. The highest BCUT2D eigenvalue weighted by Gasteiger charge is 2.25. The maximum atomic E-state index is 11.9. The van der Waals surface area contributed by atoms with Gasteiger partial charge >= 0.3 is 0 Å². The molecule has 17 heavy (non-hydrogen) atoms. The van der Waals surface area contributed by atoms with Crippen molar-refractivity contribution >= 4 is 28.8 Å². The van der Waals surface area contributed by atoms with Crippen LogP contribution in [0.3, 0.4) is 0 Å². The number of hydrogen-bond acceptors (Lipinski definition) is 4. The van der Waals surface area contributed by atoms with E-state index in [-0.39, 0.29) is 11.9 Å². The molecular formula is C11H15ClN2O2S. The monoisotopic (exact) mass is 274 g/mol. The number of rotatable bonds is 4. The Bertz CT molecular complexity index is 397. The van der Waals surface area contributed by atoms with Gasteiger partial charge in [-0.15, -0.1) is 11.3 Å². The van der Waals surface area contributed by atoms with E-state index in [4.69, 9.17) is 16.3 Å². The standard InChI is InChI=1S/C11H15ClN2O2S/c1-16-6-8-4-7(5-13-8)14-11(15)9-2-3-10(12)17-9/h2-3,7-8,13H,4-6H2,1H3,(H,14,15). The minimum Gasteiger partial charge on any atom is -0.383 e. The van der Waals surface area contributed by atoms with Gasteiger partial charge in [0.15, 0.2) is 0 Å². The van der Waals surface area contributed by atoms with Crippen molar-refractivity contribution in [3.8, 4) is 0 Å². The van der Waals surface area contributed by atoms with Crippen molar-refractivity contribution < 1.29 is 9.53 Å². The lowest BCUT2D eigenvalue weighted by atomic mass is 10.2. The van der Waals surface area contributed by atoms with Crippen molar-refractivity contribution in [3.05, 3.63) is 21.3 Å². The van der Waals surface area contributed by atoms with E-state index in [1.165, 1.54) is 11.3 Å². The molecular weight excluding hydrogens is 260 g/mol. The molecule has 4 nitrogen and oxygen atoms in total. The molecule has 1 aliphatic heterocycles. The molecule has 0 radical (unpaired) electrons. The number of carbonyl (C=O) groups is 1. The van der Waals surface area contributed by atoms with E-state index in [1.807, 2.05) is 0 Å². The van der Waals surface area contributed by atoms with E-state index in [9.17, 15) is 4.79 Å². The third-order valence-electron chi connectivity index (χ3n) is 2.72. The van der Waals surface area contributed by atoms with Crippen LogP contribution in [0.4, 0.5) is 0 Å². The molecule has 2 unspecified atom stereocenters. The first-order valence-corrected chi connectivity index (χ1v) is 6.67. The van der Waals surface area contributed by atoms with E-state index in [0.29, 0.717) is 21.9 Å². The number of carbonyl (C=O) groups excluding carboxylic acids is 1. The summed E-state index contributed by atoms with van der Waals surface area (Å²) in [6.45, 7) is 1.47. The Morgan fingerprint density at radius 1 is 1.71 bits per heavy atom. The van der Waals surface area contributed by atoms with Crippen molar-refractivity contribution in [2.45, 2.75) is 18.5 Å². The van der Waals surface area contributed by atoms with Crippen LogP contribution in [-0.4, -0.2) is 38.3 Å². The maximum absolute atomic E-state index is 11.9. The normalized spacial score (nSPS) is 23.9. The largest absolute Gasteiger partial charge is 0.383 e. The minimum absolute atomic E-state index is 0.0493. The van der Waals surface area contributed by atoms with Gasteiger partial charge in [-0.3, -0.25) is 4.79 Å². The highest BCUT2D eigenvalue weighted by molar-refractivity contribution is 7.17. The molecule has 1 saturated heterocycles. The fourth-order valence-electron chi connectivity index (χ4n) is 1.95. The number of halogens is 1. The predicted molar refractivity (Wildman–Crippen MR) is 68.9 cm³/mol. The molecule has 2 atom stereocenters. The summed E-state index contributed by atoms with van der Waals surface area (Å²) >= 11 is 7.09. The third kappa shape index (κ3) is 3.42. The van der Waals surface area contributed by atoms with Crippen LogP contribution < -0.4 is 10.6 Å². The molecule has 1 aromatic heterocycles. The van der Waals surface area contributed by atoms with Crippen LogP contribution in [0.25, 0.3) is 0 Å². The summed E-state index contributed by atoms with van der Waals surface area (Å²) < 4.78 is 5.71. The molecule has 2 rings (SSSR count). The van der Waals surface area contributed by atoms with Gasteiger partial charge in [0, 0.05) is 25.7 Å². The second-order valence-electron chi connectivity index (χ2n) is 4.07. The number of nitrogens with one attached hydrogen (secondary N) is 2. The van der Waals surface area contributed by atoms with Crippen molar-refractivity contribution in [1.82, 2.24) is 10.6 Å². The Hall–Kier alpha value is -0.620. The Kier molecular flexibility index (Phi) is 4.39. The number of thiophene rings is 1. The first-order valence-electron chi connectivity index (χ1n) is 5.47. The van der Waals surface area contributed by atoms with Crippen LogP contribution >= 0.6 is 22.9 Å². The van der Waals surface area contributed by atoms with Gasteiger partial charge in [0.2, 0.25) is 0 Å². The van der Waals surface area contributed by atoms with Crippen LogP contribution in [0, 0.1) is 0 Å². The molecule has 1 aromatic rings. The average Bonchev–Trinajstić information content (AvgIpc) is 2.88. The lowest BCUT2D eigenvalue weighted by molar-refractivity contribution is 0.0942. The second-order valence-corrected chi connectivity index (χ2v) is 5.79. The van der Waals surface area contributed by atoms with Gasteiger partial charge in [0.25, 0.3) is 5.91 Å². The number of ether oxygens (including phenoxy) is 1. The Morgan fingerprint density at radius 2 is 2.53 bits per heavy atom. The van der Waals surface area contributed by atoms with E-state index < -0.39 is 0 Å². The maximum Gasteiger partial charge on any atom is 0.261 e.